The highest BCUT2D eigenvalue weighted by Gasteiger charge is 2.20. The number of carbonyl (C=O) groups is 1. The lowest BCUT2D eigenvalue weighted by Gasteiger charge is -2.17. The van der Waals surface area contributed by atoms with Crippen molar-refractivity contribution >= 4 is 34.0 Å². The fraction of sp³-hybridized carbons (Fsp3) is 0.233. The van der Waals surface area contributed by atoms with E-state index in [0.29, 0.717) is 42.5 Å². The molecule has 1 amide bonds. The van der Waals surface area contributed by atoms with Gasteiger partial charge in [0.15, 0.2) is 0 Å². The van der Waals surface area contributed by atoms with Crippen LogP contribution in [-0.2, 0) is 9.53 Å². The number of para-hydroxylation sites is 1. The molecule has 1 saturated heterocycles. The fourth-order valence-corrected chi connectivity index (χ4v) is 4.08. The van der Waals surface area contributed by atoms with Crippen molar-refractivity contribution in [2.75, 3.05) is 44.5 Å². The van der Waals surface area contributed by atoms with Gasteiger partial charge in [0.05, 0.1) is 24.4 Å². The van der Waals surface area contributed by atoms with E-state index in [9.17, 15) is 4.79 Å². The van der Waals surface area contributed by atoms with Gasteiger partial charge in [0.2, 0.25) is 5.91 Å². The van der Waals surface area contributed by atoms with Crippen LogP contribution in [0.2, 0.25) is 0 Å². The van der Waals surface area contributed by atoms with Crippen LogP contribution in [0.15, 0.2) is 85.2 Å². The summed E-state index contributed by atoms with van der Waals surface area (Å²) in [5.74, 6) is 2.40. The summed E-state index contributed by atoms with van der Waals surface area (Å²) in [6.45, 7) is 1.82. The van der Waals surface area contributed by atoms with Crippen LogP contribution in [0.1, 0.15) is 6.42 Å². The van der Waals surface area contributed by atoms with Crippen LogP contribution in [0.4, 0.5) is 17.2 Å². The number of hydrogen-bond acceptors (Lipinski definition) is 8. The molecule has 0 radical (unpaired) electrons. The standard InChI is InChI=1S/C30H31N5O4/c1-35(2)15-6-9-29(36)34-27-17-25-26(18-28(27)39-24-14-16-37-19-24)31-20-32-30(25)33-21-10-12-23(13-11-21)38-22-7-4-3-5-8-22/h3-13,17-18,20,24H,14-16,19H2,1-2H3,(H,34,36)(H,31,32,33). The molecule has 9 nitrogen and oxygen atoms in total. The van der Waals surface area contributed by atoms with Crippen molar-refractivity contribution in [2.45, 2.75) is 12.5 Å². The van der Waals surface area contributed by atoms with Gasteiger partial charge in [0.1, 0.15) is 35.5 Å². The molecule has 4 aromatic rings. The average molecular weight is 526 g/mol. The van der Waals surface area contributed by atoms with Gasteiger partial charge in [-0.1, -0.05) is 24.3 Å². The van der Waals surface area contributed by atoms with Crippen LogP contribution in [0, 0.1) is 0 Å². The lowest BCUT2D eigenvalue weighted by atomic mass is 10.1. The summed E-state index contributed by atoms with van der Waals surface area (Å²) in [6, 6.07) is 20.9. The van der Waals surface area contributed by atoms with Gasteiger partial charge in [-0.3, -0.25) is 4.79 Å². The second-order valence-electron chi connectivity index (χ2n) is 9.41. The number of benzene rings is 3. The fourth-order valence-electron chi connectivity index (χ4n) is 4.08. The molecule has 1 aromatic heterocycles. The summed E-state index contributed by atoms with van der Waals surface area (Å²) >= 11 is 0. The second-order valence-corrected chi connectivity index (χ2v) is 9.41. The first-order valence-electron chi connectivity index (χ1n) is 12.8. The molecular weight excluding hydrogens is 494 g/mol. The van der Waals surface area contributed by atoms with Gasteiger partial charge in [-0.15, -0.1) is 0 Å². The maximum atomic E-state index is 12.7. The Morgan fingerprint density at radius 3 is 2.62 bits per heavy atom. The topological polar surface area (TPSA) is 97.8 Å². The predicted molar refractivity (Wildman–Crippen MR) is 152 cm³/mol. The number of ether oxygens (including phenoxy) is 3. The maximum Gasteiger partial charge on any atom is 0.248 e. The van der Waals surface area contributed by atoms with Crippen molar-refractivity contribution in [3.05, 3.63) is 85.2 Å². The highest BCUT2D eigenvalue weighted by Crippen LogP contribution is 2.35. The number of carbonyl (C=O) groups excluding carboxylic acids is 1. The Morgan fingerprint density at radius 2 is 1.87 bits per heavy atom. The number of anilines is 3. The zero-order chi connectivity index (χ0) is 27.0. The Hall–Kier alpha value is -4.47. The van der Waals surface area contributed by atoms with E-state index in [1.54, 1.807) is 0 Å². The van der Waals surface area contributed by atoms with Crippen molar-refractivity contribution in [2.24, 2.45) is 0 Å². The van der Waals surface area contributed by atoms with Gasteiger partial charge in [-0.25, -0.2) is 9.97 Å². The minimum atomic E-state index is -0.246. The van der Waals surface area contributed by atoms with Gasteiger partial charge in [0.25, 0.3) is 0 Å². The third-order valence-corrected chi connectivity index (χ3v) is 6.01. The van der Waals surface area contributed by atoms with E-state index in [1.807, 2.05) is 91.8 Å². The highest BCUT2D eigenvalue weighted by atomic mass is 16.5. The average Bonchev–Trinajstić information content (AvgIpc) is 3.44. The summed E-state index contributed by atoms with van der Waals surface area (Å²) in [5.41, 5.74) is 2.06. The van der Waals surface area contributed by atoms with E-state index in [1.165, 1.54) is 12.4 Å². The van der Waals surface area contributed by atoms with Crippen LogP contribution in [0.3, 0.4) is 0 Å². The second kappa shape index (κ2) is 12.4. The number of fused-ring (bicyclic) bond motifs is 1. The Bertz CT molecular complexity index is 1440. The molecule has 1 aliphatic rings. The van der Waals surface area contributed by atoms with Gasteiger partial charge in [0, 0.05) is 36.2 Å². The summed E-state index contributed by atoms with van der Waals surface area (Å²) in [6.07, 6.45) is 5.53. The Morgan fingerprint density at radius 1 is 1.08 bits per heavy atom. The lowest BCUT2D eigenvalue weighted by molar-refractivity contribution is -0.111. The molecular formula is C30H31N5O4. The molecule has 1 aliphatic heterocycles. The molecule has 3 aromatic carbocycles. The molecule has 1 unspecified atom stereocenters. The number of nitrogens with zero attached hydrogens (tertiary/aromatic N) is 3. The largest absolute Gasteiger partial charge is 0.486 e. The Labute approximate surface area is 227 Å². The molecule has 1 fully saturated rings. The van der Waals surface area contributed by atoms with Gasteiger partial charge in [-0.05, 0) is 56.6 Å². The molecule has 2 N–H and O–H groups in total. The number of hydrogen-bond donors (Lipinski definition) is 2. The predicted octanol–water partition coefficient (Wildman–Crippen LogP) is 5.39. The number of likely N-dealkylation sites (N-methyl/N-ethyl adjacent to an activating group) is 1. The molecule has 1 atom stereocenters. The van der Waals surface area contributed by atoms with Crippen molar-refractivity contribution in [3.8, 4) is 17.2 Å². The number of amides is 1. The minimum absolute atomic E-state index is 0.0848. The SMILES string of the molecule is CN(C)CC=CC(=O)Nc1cc2c(Nc3ccc(Oc4ccccc4)cc3)ncnc2cc1OC1CCOC1. The molecule has 39 heavy (non-hydrogen) atoms. The molecule has 0 bridgehead atoms. The van der Waals surface area contributed by atoms with Gasteiger partial charge < -0.3 is 29.7 Å². The van der Waals surface area contributed by atoms with Crippen LogP contribution in [0.5, 0.6) is 17.2 Å². The van der Waals surface area contributed by atoms with Crippen molar-refractivity contribution < 1.29 is 19.0 Å². The smallest absolute Gasteiger partial charge is 0.248 e. The van der Waals surface area contributed by atoms with E-state index in [2.05, 4.69) is 20.6 Å². The summed E-state index contributed by atoms with van der Waals surface area (Å²) < 4.78 is 17.6. The molecule has 0 aliphatic carbocycles. The third kappa shape index (κ3) is 7.10. The van der Waals surface area contributed by atoms with Crippen LogP contribution in [-0.4, -0.2) is 60.7 Å². The Balaban J connectivity index is 1.40. The van der Waals surface area contributed by atoms with Crippen molar-refractivity contribution in [1.29, 1.82) is 0 Å². The van der Waals surface area contributed by atoms with E-state index in [-0.39, 0.29) is 12.0 Å². The molecule has 9 heteroatoms. The van der Waals surface area contributed by atoms with Crippen molar-refractivity contribution in [1.82, 2.24) is 14.9 Å². The molecule has 0 spiro atoms. The van der Waals surface area contributed by atoms with E-state index < -0.39 is 0 Å². The number of rotatable bonds is 10. The molecule has 2 heterocycles. The zero-order valence-electron chi connectivity index (χ0n) is 22.0. The van der Waals surface area contributed by atoms with Gasteiger partial charge >= 0.3 is 0 Å². The maximum absolute atomic E-state index is 12.7. The number of nitrogens with one attached hydrogen (secondary N) is 2. The first kappa shape index (κ1) is 26.1. The van der Waals surface area contributed by atoms with Crippen LogP contribution >= 0.6 is 0 Å². The third-order valence-electron chi connectivity index (χ3n) is 6.01. The van der Waals surface area contributed by atoms with E-state index in [0.717, 1.165) is 29.0 Å². The summed E-state index contributed by atoms with van der Waals surface area (Å²) in [5, 5.41) is 7.06. The first-order valence-corrected chi connectivity index (χ1v) is 12.8. The van der Waals surface area contributed by atoms with Gasteiger partial charge in [-0.2, -0.15) is 0 Å². The van der Waals surface area contributed by atoms with Crippen LogP contribution < -0.4 is 20.1 Å². The van der Waals surface area contributed by atoms with Crippen LogP contribution in [0.25, 0.3) is 10.9 Å². The normalized spacial score (nSPS) is 15.1. The number of aromatic nitrogens is 2. The lowest BCUT2D eigenvalue weighted by Crippen LogP contribution is -2.18. The summed E-state index contributed by atoms with van der Waals surface area (Å²) in [4.78, 5) is 23.6. The monoisotopic (exact) mass is 525 g/mol. The van der Waals surface area contributed by atoms with E-state index >= 15 is 0 Å². The summed E-state index contributed by atoms with van der Waals surface area (Å²) in [7, 11) is 3.89. The highest BCUT2D eigenvalue weighted by molar-refractivity contribution is 6.03. The zero-order valence-corrected chi connectivity index (χ0v) is 22.0. The first-order chi connectivity index (χ1) is 19.0. The molecule has 200 valence electrons. The van der Waals surface area contributed by atoms with Crippen molar-refractivity contribution in [3.63, 3.8) is 0 Å². The molecule has 5 rings (SSSR count). The molecule has 0 saturated carbocycles. The van der Waals surface area contributed by atoms with E-state index in [4.69, 9.17) is 14.2 Å². The quantitative estimate of drug-likeness (QED) is 0.266. The minimum Gasteiger partial charge on any atom is -0.486 e. The Kier molecular flexibility index (Phi) is 8.30.